The number of aromatic nitrogens is 4. The summed E-state index contributed by atoms with van der Waals surface area (Å²) >= 11 is 0. The zero-order valence-corrected chi connectivity index (χ0v) is 15.8. The highest BCUT2D eigenvalue weighted by Gasteiger charge is 2.20. The van der Waals surface area contributed by atoms with Crippen molar-refractivity contribution in [2.24, 2.45) is 5.73 Å². The van der Waals surface area contributed by atoms with E-state index in [-0.39, 0.29) is 6.04 Å². The van der Waals surface area contributed by atoms with Crippen molar-refractivity contribution in [2.75, 3.05) is 18.0 Å². The molecule has 1 aliphatic heterocycles. The number of imidazole rings is 1. The molecule has 6 heteroatoms. The smallest absolute Gasteiger partial charge is 0.153 e. The fourth-order valence-electron chi connectivity index (χ4n) is 2.45. The molecule has 3 aromatic rings. The number of pyridine rings is 1. The molecule has 0 spiro atoms. The molecule has 1 aliphatic rings. The van der Waals surface area contributed by atoms with Crippen LogP contribution < -0.4 is 10.6 Å². The van der Waals surface area contributed by atoms with Gasteiger partial charge >= 0.3 is 0 Å². The number of terminal acetylenes is 1. The van der Waals surface area contributed by atoms with Gasteiger partial charge in [-0.1, -0.05) is 19.9 Å². The monoisotopic (exact) mass is 352 g/mol. The lowest BCUT2D eigenvalue weighted by atomic mass is 10.3. The minimum absolute atomic E-state index is 0.279. The second-order valence-electron chi connectivity index (χ2n) is 5.38. The first-order chi connectivity index (χ1) is 12.7. The quantitative estimate of drug-likeness (QED) is 0.682. The van der Waals surface area contributed by atoms with Gasteiger partial charge in [0.2, 0.25) is 0 Å². The third kappa shape index (κ3) is 5.87. The Morgan fingerprint density at radius 3 is 2.31 bits per heavy atom. The Kier molecular flexibility index (Phi) is 9.44. The predicted molar refractivity (Wildman–Crippen MR) is 108 cm³/mol. The number of nitrogens with zero attached hydrogens (tertiary/aromatic N) is 5. The van der Waals surface area contributed by atoms with Crippen LogP contribution in [-0.4, -0.2) is 38.7 Å². The number of anilines is 1. The third-order valence-electron chi connectivity index (χ3n) is 3.63. The average Bonchev–Trinajstić information content (AvgIpc) is 3.32. The molecule has 138 valence electrons. The van der Waals surface area contributed by atoms with Crippen molar-refractivity contribution >= 4 is 11.5 Å². The van der Waals surface area contributed by atoms with Crippen molar-refractivity contribution in [3.05, 3.63) is 54.6 Å². The summed E-state index contributed by atoms with van der Waals surface area (Å²) in [4.78, 5) is 10.3. The minimum Gasteiger partial charge on any atom is -0.354 e. The predicted octanol–water partition coefficient (Wildman–Crippen LogP) is 2.93. The van der Waals surface area contributed by atoms with E-state index < -0.39 is 0 Å². The Morgan fingerprint density at radius 2 is 1.81 bits per heavy atom. The lowest BCUT2D eigenvalue weighted by Crippen LogP contribution is -2.27. The third-order valence-corrected chi connectivity index (χ3v) is 3.63. The van der Waals surface area contributed by atoms with E-state index in [1.807, 2.05) is 61.8 Å². The summed E-state index contributed by atoms with van der Waals surface area (Å²) in [6.45, 7) is 7.90. The van der Waals surface area contributed by atoms with E-state index in [1.165, 1.54) is 0 Å². The largest absolute Gasteiger partial charge is 0.354 e. The molecule has 1 atom stereocenters. The molecule has 1 saturated heterocycles. The van der Waals surface area contributed by atoms with Crippen molar-refractivity contribution in [2.45, 2.75) is 33.2 Å². The molecule has 0 amide bonds. The van der Waals surface area contributed by atoms with Gasteiger partial charge in [0.15, 0.2) is 5.65 Å². The van der Waals surface area contributed by atoms with E-state index in [2.05, 4.69) is 32.8 Å². The van der Waals surface area contributed by atoms with Crippen LogP contribution >= 0.6 is 0 Å². The van der Waals surface area contributed by atoms with E-state index in [1.54, 1.807) is 12.4 Å². The van der Waals surface area contributed by atoms with Gasteiger partial charge in [-0.05, 0) is 37.6 Å². The Balaban J connectivity index is 0.000000284. The van der Waals surface area contributed by atoms with Crippen molar-refractivity contribution in [3.63, 3.8) is 0 Å². The Hall–Kier alpha value is -2.91. The standard InChI is InChI=1S/C11H15N5.C5H5N.C2H6.C2H2/c1-8-6-13-10-2-3-11(14-16(8)10)15-5-4-9(12)7-15;1-2-4-6-5-3-1;2*1-2/h2-3,6,9H,4-5,7,12H2,1H3;1-5H;1-2H3;1-2H/t9-;;;/m0.../s1. The van der Waals surface area contributed by atoms with Crippen molar-refractivity contribution < 1.29 is 0 Å². The summed E-state index contributed by atoms with van der Waals surface area (Å²) in [5.41, 5.74) is 7.85. The van der Waals surface area contributed by atoms with Crippen LogP contribution in [0.4, 0.5) is 5.82 Å². The molecule has 0 unspecified atom stereocenters. The van der Waals surface area contributed by atoms with E-state index in [0.29, 0.717) is 0 Å². The maximum absolute atomic E-state index is 5.90. The van der Waals surface area contributed by atoms with Gasteiger partial charge in [0.1, 0.15) is 5.82 Å². The van der Waals surface area contributed by atoms with Crippen LogP contribution in [0.2, 0.25) is 0 Å². The summed E-state index contributed by atoms with van der Waals surface area (Å²) in [5.74, 6) is 0.988. The van der Waals surface area contributed by atoms with Crippen LogP contribution in [0.1, 0.15) is 26.0 Å². The fraction of sp³-hybridized carbons (Fsp3) is 0.350. The first-order valence-corrected chi connectivity index (χ1v) is 8.74. The van der Waals surface area contributed by atoms with Gasteiger partial charge in [-0.15, -0.1) is 17.9 Å². The van der Waals surface area contributed by atoms with Crippen LogP contribution in [0.3, 0.4) is 0 Å². The van der Waals surface area contributed by atoms with Gasteiger partial charge in [-0.3, -0.25) is 4.98 Å². The van der Waals surface area contributed by atoms with E-state index in [4.69, 9.17) is 5.73 Å². The Labute approximate surface area is 156 Å². The number of fused-ring (bicyclic) bond motifs is 1. The highest BCUT2D eigenvalue weighted by atomic mass is 15.3. The normalized spacial score (nSPS) is 15.0. The summed E-state index contributed by atoms with van der Waals surface area (Å²) < 4.78 is 1.87. The summed E-state index contributed by atoms with van der Waals surface area (Å²) in [6.07, 6.45) is 14.4. The molecule has 4 heterocycles. The molecule has 0 radical (unpaired) electrons. The SMILES string of the molecule is C#C.CC.Cc1cnc2ccc(N3CC[C@H](N)C3)nn12.c1ccncc1. The maximum atomic E-state index is 5.90. The molecule has 6 nitrogen and oxygen atoms in total. The molecule has 4 rings (SSSR count). The van der Waals surface area contributed by atoms with E-state index in [0.717, 1.165) is 36.7 Å². The van der Waals surface area contributed by atoms with Crippen LogP contribution in [0.25, 0.3) is 5.65 Å². The molecule has 0 bridgehead atoms. The number of hydrogen-bond acceptors (Lipinski definition) is 5. The molecule has 0 aromatic carbocycles. The van der Waals surface area contributed by atoms with Gasteiger partial charge in [0.05, 0.1) is 11.9 Å². The van der Waals surface area contributed by atoms with Crippen molar-refractivity contribution in [1.29, 1.82) is 0 Å². The van der Waals surface area contributed by atoms with Gasteiger partial charge in [-0.2, -0.15) is 0 Å². The van der Waals surface area contributed by atoms with Crippen LogP contribution in [0.5, 0.6) is 0 Å². The molecule has 2 N–H and O–H groups in total. The summed E-state index contributed by atoms with van der Waals surface area (Å²) in [5, 5.41) is 4.58. The molecular formula is C20H28N6. The average molecular weight is 352 g/mol. The van der Waals surface area contributed by atoms with Crippen LogP contribution in [0, 0.1) is 19.8 Å². The van der Waals surface area contributed by atoms with Crippen LogP contribution in [0.15, 0.2) is 48.9 Å². The van der Waals surface area contributed by atoms with Gasteiger partial charge in [-0.25, -0.2) is 9.50 Å². The first kappa shape index (κ1) is 21.1. The maximum Gasteiger partial charge on any atom is 0.153 e. The molecular weight excluding hydrogens is 324 g/mol. The highest BCUT2D eigenvalue weighted by Crippen LogP contribution is 2.17. The number of aryl methyl sites for hydroxylation is 1. The fourth-order valence-corrected chi connectivity index (χ4v) is 2.45. The molecule has 0 aliphatic carbocycles. The van der Waals surface area contributed by atoms with Crippen molar-refractivity contribution in [1.82, 2.24) is 19.6 Å². The number of nitrogens with two attached hydrogens (primary N) is 1. The number of rotatable bonds is 1. The molecule has 26 heavy (non-hydrogen) atoms. The van der Waals surface area contributed by atoms with Crippen LogP contribution in [-0.2, 0) is 0 Å². The lowest BCUT2D eigenvalue weighted by Gasteiger charge is -2.16. The second kappa shape index (κ2) is 11.6. The van der Waals surface area contributed by atoms with E-state index in [9.17, 15) is 0 Å². The van der Waals surface area contributed by atoms with Gasteiger partial charge in [0.25, 0.3) is 0 Å². The Bertz CT molecular complexity index is 739. The second-order valence-corrected chi connectivity index (χ2v) is 5.38. The minimum atomic E-state index is 0.279. The first-order valence-electron chi connectivity index (χ1n) is 8.74. The molecule has 1 fully saturated rings. The van der Waals surface area contributed by atoms with Crippen molar-refractivity contribution in [3.8, 4) is 12.8 Å². The topological polar surface area (TPSA) is 72.3 Å². The van der Waals surface area contributed by atoms with E-state index >= 15 is 0 Å². The highest BCUT2D eigenvalue weighted by molar-refractivity contribution is 5.47. The molecule has 3 aromatic heterocycles. The number of hydrogen-bond donors (Lipinski definition) is 1. The van der Waals surface area contributed by atoms with Gasteiger partial charge in [0, 0.05) is 31.5 Å². The molecule has 0 saturated carbocycles. The Morgan fingerprint density at radius 1 is 1.12 bits per heavy atom. The zero-order chi connectivity index (χ0) is 19.4. The van der Waals surface area contributed by atoms with Gasteiger partial charge < -0.3 is 10.6 Å². The lowest BCUT2D eigenvalue weighted by molar-refractivity contribution is 0.749. The summed E-state index contributed by atoms with van der Waals surface area (Å²) in [6, 6.07) is 10.0. The summed E-state index contributed by atoms with van der Waals surface area (Å²) in [7, 11) is 0. The zero-order valence-electron chi connectivity index (χ0n) is 15.8.